The Hall–Kier alpha value is -2.90. The number of carbonyl (C=O) groups excluding carboxylic acids is 4. The first kappa shape index (κ1) is 25.1. The molecule has 8 nitrogen and oxygen atoms in total. The second-order valence-electron chi connectivity index (χ2n) is 8.36. The van der Waals surface area contributed by atoms with E-state index in [1.807, 2.05) is 12.1 Å². The van der Waals surface area contributed by atoms with Gasteiger partial charge < -0.3 is 20.7 Å². The quantitative estimate of drug-likeness (QED) is 0.526. The SMILES string of the molecule is CCNC(=O)CNC(=O)COC(=O)[C@@H](NC(=O)c1ccc(C(C)(C)C)cc1)C(C)C. The third-order valence-corrected chi connectivity index (χ3v) is 4.39. The van der Waals surface area contributed by atoms with Gasteiger partial charge in [-0.15, -0.1) is 0 Å². The van der Waals surface area contributed by atoms with Crippen LogP contribution in [-0.4, -0.2) is 49.4 Å². The molecule has 0 saturated heterocycles. The number of nitrogens with one attached hydrogen (secondary N) is 3. The Morgan fingerprint density at radius 3 is 2.07 bits per heavy atom. The number of benzene rings is 1. The number of hydrogen-bond acceptors (Lipinski definition) is 5. The third kappa shape index (κ3) is 8.23. The molecule has 1 aromatic rings. The normalized spacial score (nSPS) is 12.1. The van der Waals surface area contributed by atoms with E-state index < -0.39 is 30.4 Å². The van der Waals surface area contributed by atoms with Crippen molar-refractivity contribution in [2.24, 2.45) is 5.92 Å². The monoisotopic (exact) mass is 419 g/mol. The van der Waals surface area contributed by atoms with Crippen molar-refractivity contribution in [2.45, 2.75) is 53.0 Å². The molecule has 3 N–H and O–H groups in total. The van der Waals surface area contributed by atoms with E-state index in [1.165, 1.54) is 0 Å². The summed E-state index contributed by atoms with van der Waals surface area (Å²) in [5.41, 5.74) is 1.50. The van der Waals surface area contributed by atoms with Gasteiger partial charge in [-0.3, -0.25) is 14.4 Å². The minimum absolute atomic E-state index is 0.0307. The van der Waals surface area contributed by atoms with Gasteiger partial charge in [0.05, 0.1) is 6.54 Å². The second kappa shape index (κ2) is 11.3. The van der Waals surface area contributed by atoms with E-state index in [1.54, 1.807) is 32.9 Å². The molecule has 166 valence electrons. The minimum atomic E-state index is -0.906. The number of esters is 1. The molecule has 0 spiro atoms. The summed E-state index contributed by atoms with van der Waals surface area (Å²) in [6.07, 6.45) is 0. The molecule has 0 aliphatic rings. The summed E-state index contributed by atoms with van der Waals surface area (Å²) in [5, 5.41) is 7.57. The second-order valence-corrected chi connectivity index (χ2v) is 8.36. The summed E-state index contributed by atoms with van der Waals surface area (Å²) in [5.74, 6) is -2.28. The molecular weight excluding hydrogens is 386 g/mol. The number of carbonyl (C=O) groups is 4. The summed E-state index contributed by atoms with van der Waals surface area (Å²) in [7, 11) is 0. The third-order valence-electron chi connectivity index (χ3n) is 4.39. The summed E-state index contributed by atoms with van der Waals surface area (Å²) in [4.78, 5) is 48.0. The fourth-order valence-electron chi connectivity index (χ4n) is 2.56. The molecule has 0 aliphatic heterocycles. The van der Waals surface area contributed by atoms with Gasteiger partial charge in [-0.1, -0.05) is 46.8 Å². The Morgan fingerprint density at radius 1 is 0.967 bits per heavy atom. The van der Waals surface area contributed by atoms with Gasteiger partial charge in [0.25, 0.3) is 11.8 Å². The minimum Gasteiger partial charge on any atom is -0.454 e. The summed E-state index contributed by atoms with van der Waals surface area (Å²) < 4.78 is 5.02. The van der Waals surface area contributed by atoms with E-state index in [-0.39, 0.29) is 23.8 Å². The van der Waals surface area contributed by atoms with Crippen molar-refractivity contribution in [3.63, 3.8) is 0 Å². The van der Waals surface area contributed by atoms with Crippen LogP contribution in [0.15, 0.2) is 24.3 Å². The highest BCUT2D eigenvalue weighted by molar-refractivity contribution is 5.97. The van der Waals surface area contributed by atoms with E-state index in [4.69, 9.17) is 4.74 Å². The molecule has 0 saturated carbocycles. The predicted molar refractivity (Wildman–Crippen MR) is 114 cm³/mol. The van der Waals surface area contributed by atoms with Crippen LogP contribution in [-0.2, 0) is 24.5 Å². The van der Waals surface area contributed by atoms with Crippen molar-refractivity contribution < 1.29 is 23.9 Å². The van der Waals surface area contributed by atoms with E-state index in [0.29, 0.717) is 12.1 Å². The van der Waals surface area contributed by atoms with Crippen LogP contribution in [0.5, 0.6) is 0 Å². The Bertz CT molecular complexity index is 751. The van der Waals surface area contributed by atoms with Gasteiger partial charge in [0.15, 0.2) is 6.61 Å². The molecule has 3 amide bonds. The van der Waals surface area contributed by atoms with Crippen LogP contribution >= 0.6 is 0 Å². The molecule has 1 rings (SSSR count). The zero-order chi connectivity index (χ0) is 22.9. The fourth-order valence-corrected chi connectivity index (χ4v) is 2.56. The highest BCUT2D eigenvalue weighted by Crippen LogP contribution is 2.22. The van der Waals surface area contributed by atoms with E-state index >= 15 is 0 Å². The lowest BCUT2D eigenvalue weighted by atomic mass is 9.86. The molecule has 0 aliphatic carbocycles. The first-order valence-electron chi connectivity index (χ1n) is 10.1. The van der Waals surface area contributed by atoms with Crippen LogP contribution in [0.1, 0.15) is 57.5 Å². The van der Waals surface area contributed by atoms with Gasteiger partial charge in [-0.05, 0) is 36.0 Å². The molecule has 30 heavy (non-hydrogen) atoms. The number of amides is 3. The largest absolute Gasteiger partial charge is 0.454 e. The molecule has 0 unspecified atom stereocenters. The zero-order valence-corrected chi connectivity index (χ0v) is 18.6. The molecule has 8 heteroatoms. The smallest absolute Gasteiger partial charge is 0.329 e. The van der Waals surface area contributed by atoms with Gasteiger partial charge in [0.2, 0.25) is 5.91 Å². The zero-order valence-electron chi connectivity index (χ0n) is 18.6. The number of rotatable bonds is 9. The van der Waals surface area contributed by atoms with E-state index in [2.05, 4.69) is 36.7 Å². The maximum Gasteiger partial charge on any atom is 0.329 e. The lowest BCUT2D eigenvalue weighted by molar-refractivity contribution is -0.151. The highest BCUT2D eigenvalue weighted by atomic mass is 16.5. The standard InChI is InChI=1S/C22H33N3O5/c1-7-23-17(26)12-24-18(27)13-30-21(29)19(14(2)3)25-20(28)15-8-10-16(11-9-15)22(4,5)6/h8-11,14,19H,7,12-13H2,1-6H3,(H,23,26)(H,24,27)(H,25,28)/t19-/m0/s1. The molecule has 0 radical (unpaired) electrons. The van der Waals surface area contributed by atoms with Gasteiger partial charge in [-0.2, -0.15) is 0 Å². The Morgan fingerprint density at radius 2 is 1.57 bits per heavy atom. The van der Waals surface area contributed by atoms with Crippen molar-refractivity contribution in [2.75, 3.05) is 19.7 Å². The van der Waals surface area contributed by atoms with Crippen LogP contribution in [0, 0.1) is 5.92 Å². The average Bonchev–Trinajstić information content (AvgIpc) is 2.67. The molecule has 0 bridgehead atoms. The van der Waals surface area contributed by atoms with Crippen molar-refractivity contribution >= 4 is 23.7 Å². The molecule has 1 aromatic carbocycles. The van der Waals surface area contributed by atoms with Crippen LogP contribution in [0.4, 0.5) is 0 Å². The maximum atomic E-state index is 12.6. The molecular formula is C22H33N3O5. The van der Waals surface area contributed by atoms with Gasteiger partial charge >= 0.3 is 5.97 Å². The van der Waals surface area contributed by atoms with Gasteiger partial charge in [0.1, 0.15) is 6.04 Å². The number of hydrogen-bond donors (Lipinski definition) is 3. The Kier molecular flexibility index (Phi) is 9.49. The number of likely N-dealkylation sites (N-methyl/N-ethyl adjacent to an activating group) is 1. The van der Waals surface area contributed by atoms with Crippen LogP contribution in [0.3, 0.4) is 0 Å². The number of ether oxygens (including phenoxy) is 1. The lowest BCUT2D eigenvalue weighted by Crippen LogP contribution is -2.46. The van der Waals surface area contributed by atoms with Crippen molar-refractivity contribution in [3.05, 3.63) is 35.4 Å². The lowest BCUT2D eigenvalue weighted by Gasteiger charge is -2.22. The Labute approximate surface area is 178 Å². The molecule has 0 fully saturated rings. The predicted octanol–water partition coefficient (Wildman–Crippen LogP) is 1.53. The van der Waals surface area contributed by atoms with Crippen LogP contribution < -0.4 is 16.0 Å². The van der Waals surface area contributed by atoms with Crippen LogP contribution in [0.2, 0.25) is 0 Å². The van der Waals surface area contributed by atoms with Crippen molar-refractivity contribution in [1.82, 2.24) is 16.0 Å². The summed E-state index contributed by atoms with van der Waals surface area (Å²) >= 11 is 0. The van der Waals surface area contributed by atoms with Gasteiger partial charge in [-0.25, -0.2) is 4.79 Å². The van der Waals surface area contributed by atoms with Crippen LogP contribution in [0.25, 0.3) is 0 Å². The first-order chi connectivity index (χ1) is 14.0. The molecule has 0 aromatic heterocycles. The Balaban J connectivity index is 2.64. The molecule has 0 heterocycles. The van der Waals surface area contributed by atoms with E-state index in [9.17, 15) is 19.2 Å². The van der Waals surface area contributed by atoms with E-state index in [0.717, 1.165) is 5.56 Å². The van der Waals surface area contributed by atoms with Crippen molar-refractivity contribution in [1.29, 1.82) is 0 Å². The van der Waals surface area contributed by atoms with Gasteiger partial charge in [0, 0.05) is 12.1 Å². The first-order valence-corrected chi connectivity index (χ1v) is 10.1. The maximum absolute atomic E-state index is 12.6. The molecule has 1 atom stereocenters. The topological polar surface area (TPSA) is 114 Å². The average molecular weight is 420 g/mol. The summed E-state index contributed by atoms with van der Waals surface area (Å²) in [6.45, 7) is 11.3. The van der Waals surface area contributed by atoms with Crippen molar-refractivity contribution in [3.8, 4) is 0 Å². The summed E-state index contributed by atoms with van der Waals surface area (Å²) in [6, 6.07) is 6.30. The highest BCUT2D eigenvalue weighted by Gasteiger charge is 2.27. The fraction of sp³-hybridized carbons (Fsp3) is 0.545.